The van der Waals surface area contributed by atoms with Crippen LogP contribution in [0, 0.1) is 5.41 Å². The quantitative estimate of drug-likeness (QED) is 0.486. The van der Waals surface area contributed by atoms with Crippen molar-refractivity contribution in [2.45, 2.75) is 26.3 Å². The predicted octanol–water partition coefficient (Wildman–Crippen LogP) is 3.15. The maximum atomic E-state index is 12.4. The molecule has 0 spiro atoms. The number of benzene rings is 2. The average molecular weight is 310 g/mol. The molecule has 0 aromatic heterocycles. The first-order chi connectivity index (χ1) is 11.0. The number of carbonyl (C=O) groups is 1. The summed E-state index contributed by atoms with van der Waals surface area (Å²) in [7, 11) is 0. The highest BCUT2D eigenvalue weighted by Gasteiger charge is 2.09. The number of nitrogen functional groups attached to an aromatic ring is 1. The molecular formula is C18H22N4O. The molecule has 0 saturated carbocycles. The Morgan fingerprint density at radius 2 is 1.91 bits per heavy atom. The molecule has 6 N–H and O–H groups in total. The Hall–Kier alpha value is -2.66. The second-order valence-electron chi connectivity index (χ2n) is 5.38. The molecular weight excluding hydrogens is 288 g/mol. The Bertz CT molecular complexity index is 725. The minimum absolute atomic E-state index is 0.226. The average Bonchev–Trinajstić information content (AvgIpc) is 2.55. The van der Waals surface area contributed by atoms with Crippen molar-refractivity contribution in [3.05, 3.63) is 59.2 Å². The van der Waals surface area contributed by atoms with E-state index in [2.05, 4.69) is 5.32 Å². The Morgan fingerprint density at radius 1 is 1.17 bits per heavy atom. The Labute approximate surface area is 136 Å². The first-order valence-electron chi connectivity index (χ1n) is 7.62. The van der Waals surface area contributed by atoms with Crippen molar-refractivity contribution in [1.29, 1.82) is 5.41 Å². The lowest BCUT2D eigenvalue weighted by molar-refractivity contribution is 0.102. The van der Waals surface area contributed by atoms with Crippen LogP contribution in [0.2, 0.25) is 0 Å². The van der Waals surface area contributed by atoms with E-state index in [1.807, 2.05) is 13.0 Å². The summed E-state index contributed by atoms with van der Waals surface area (Å²) in [4.78, 5) is 12.4. The van der Waals surface area contributed by atoms with Crippen molar-refractivity contribution >= 4 is 23.0 Å². The van der Waals surface area contributed by atoms with Crippen molar-refractivity contribution < 1.29 is 4.79 Å². The molecule has 1 amide bonds. The number of rotatable bonds is 6. The van der Waals surface area contributed by atoms with Crippen LogP contribution >= 0.6 is 0 Å². The number of hydrogen-bond acceptors (Lipinski definition) is 4. The topological polar surface area (TPSA) is 105 Å². The Morgan fingerprint density at radius 3 is 2.57 bits per heavy atom. The van der Waals surface area contributed by atoms with Gasteiger partial charge >= 0.3 is 0 Å². The largest absolute Gasteiger partial charge is 0.398 e. The molecule has 2 aromatic rings. The lowest BCUT2D eigenvalue weighted by atomic mass is 10.0. The standard InChI is InChI=1S/C18H22N4O/c1-2-4-16(20)12-5-3-6-13(9-12)18(23)22-15-8-7-14(11-19)17(21)10-15/h3,5-10,20H,2,4,11,19,21H2,1H3,(H,22,23). The molecule has 0 saturated heterocycles. The van der Waals surface area contributed by atoms with Gasteiger partial charge in [-0.25, -0.2) is 0 Å². The molecule has 120 valence electrons. The molecule has 5 heteroatoms. The molecule has 0 atom stereocenters. The highest BCUT2D eigenvalue weighted by atomic mass is 16.1. The number of nitrogens with two attached hydrogens (primary N) is 2. The van der Waals surface area contributed by atoms with Crippen LogP contribution in [-0.2, 0) is 6.54 Å². The van der Waals surface area contributed by atoms with Crippen LogP contribution in [0.3, 0.4) is 0 Å². The van der Waals surface area contributed by atoms with Gasteiger partial charge in [0.25, 0.3) is 5.91 Å². The zero-order valence-corrected chi connectivity index (χ0v) is 13.2. The lowest BCUT2D eigenvalue weighted by Crippen LogP contribution is -2.13. The van der Waals surface area contributed by atoms with E-state index in [0.717, 1.165) is 17.5 Å². The fourth-order valence-corrected chi connectivity index (χ4v) is 2.30. The molecule has 0 radical (unpaired) electrons. The van der Waals surface area contributed by atoms with E-state index in [4.69, 9.17) is 16.9 Å². The van der Waals surface area contributed by atoms with Gasteiger partial charge in [-0.2, -0.15) is 0 Å². The molecule has 0 unspecified atom stereocenters. The number of carbonyl (C=O) groups excluding carboxylic acids is 1. The van der Waals surface area contributed by atoms with Crippen LogP contribution in [0.25, 0.3) is 0 Å². The van der Waals surface area contributed by atoms with Crippen LogP contribution in [0.4, 0.5) is 11.4 Å². The van der Waals surface area contributed by atoms with Gasteiger partial charge in [0, 0.05) is 29.2 Å². The smallest absolute Gasteiger partial charge is 0.255 e. The maximum absolute atomic E-state index is 12.4. The van der Waals surface area contributed by atoms with Crippen LogP contribution in [-0.4, -0.2) is 11.6 Å². The zero-order valence-electron chi connectivity index (χ0n) is 13.2. The number of hydrogen-bond donors (Lipinski definition) is 4. The van der Waals surface area contributed by atoms with E-state index in [-0.39, 0.29) is 5.91 Å². The first-order valence-corrected chi connectivity index (χ1v) is 7.62. The Kier molecular flexibility index (Phi) is 5.49. The number of nitrogens with one attached hydrogen (secondary N) is 2. The first kappa shape index (κ1) is 16.7. The summed E-state index contributed by atoms with van der Waals surface area (Å²) < 4.78 is 0. The van der Waals surface area contributed by atoms with Gasteiger partial charge in [0.15, 0.2) is 0 Å². The molecule has 0 aliphatic rings. The minimum atomic E-state index is -0.226. The SMILES string of the molecule is CCCC(=N)c1cccc(C(=O)Nc2ccc(CN)c(N)c2)c1. The van der Waals surface area contributed by atoms with Crippen molar-refractivity contribution in [3.63, 3.8) is 0 Å². The van der Waals surface area contributed by atoms with Crippen LogP contribution in [0.15, 0.2) is 42.5 Å². The minimum Gasteiger partial charge on any atom is -0.398 e. The highest BCUT2D eigenvalue weighted by molar-refractivity contribution is 6.07. The highest BCUT2D eigenvalue weighted by Crippen LogP contribution is 2.18. The fourth-order valence-electron chi connectivity index (χ4n) is 2.30. The van der Waals surface area contributed by atoms with Crippen LogP contribution in [0.1, 0.15) is 41.3 Å². The molecule has 0 aliphatic heterocycles. The fraction of sp³-hybridized carbons (Fsp3) is 0.222. The zero-order chi connectivity index (χ0) is 16.8. The van der Waals surface area contributed by atoms with Crippen molar-refractivity contribution in [2.75, 3.05) is 11.1 Å². The summed E-state index contributed by atoms with van der Waals surface area (Å²) in [5.41, 5.74) is 15.3. The van der Waals surface area contributed by atoms with Crippen molar-refractivity contribution in [3.8, 4) is 0 Å². The number of amides is 1. The van der Waals surface area contributed by atoms with E-state index in [1.165, 1.54) is 0 Å². The normalized spacial score (nSPS) is 10.3. The number of anilines is 2. The van der Waals surface area contributed by atoms with E-state index < -0.39 is 0 Å². The van der Waals surface area contributed by atoms with Gasteiger partial charge in [0.2, 0.25) is 0 Å². The summed E-state index contributed by atoms with van der Waals surface area (Å²) in [6, 6.07) is 12.4. The van der Waals surface area contributed by atoms with E-state index >= 15 is 0 Å². The molecule has 0 bridgehead atoms. The van der Waals surface area contributed by atoms with Gasteiger partial charge in [-0.3, -0.25) is 4.79 Å². The van der Waals surface area contributed by atoms with Gasteiger partial charge in [0.05, 0.1) is 0 Å². The molecule has 0 fully saturated rings. The van der Waals surface area contributed by atoms with Crippen LogP contribution in [0.5, 0.6) is 0 Å². The van der Waals surface area contributed by atoms with E-state index in [1.54, 1.807) is 36.4 Å². The summed E-state index contributed by atoms with van der Waals surface area (Å²) in [5, 5.41) is 10.8. The molecule has 23 heavy (non-hydrogen) atoms. The molecule has 0 aliphatic carbocycles. The summed E-state index contributed by atoms with van der Waals surface area (Å²) in [6.45, 7) is 2.39. The van der Waals surface area contributed by atoms with Gasteiger partial charge in [-0.1, -0.05) is 31.5 Å². The predicted molar refractivity (Wildman–Crippen MR) is 94.9 cm³/mol. The van der Waals surface area contributed by atoms with Gasteiger partial charge in [-0.15, -0.1) is 0 Å². The summed E-state index contributed by atoms with van der Waals surface area (Å²) in [5.74, 6) is -0.226. The van der Waals surface area contributed by atoms with E-state index in [0.29, 0.717) is 35.6 Å². The third-order valence-corrected chi connectivity index (χ3v) is 3.60. The second-order valence-corrected chi connectivity index (χ2v) is 5.38. The second kappa shape index (κ2) is 7.56. The third kappa shape index (κ3) is 4.17. The maximum Gasteiger partial charge on any atom is 0.255 e. The summed E-state index contributed by atoms with van der Waals surface area (Å²) >= 11 is 0. The monoisotopic (exact) mass is 310 g/mol. The lowest BCUT2D eigenvalue weighted by Gasteiger charge is -2.10. The molecule has 5 nitrogen and oxygen atoms in total. The van der Waals surface area contributed by atoms with Gasteiger partial charge in [0.1, 0.15) is 0 Å². The molecule has 2 aromatic carbocycles. The van der Waals surface area contributed by atoms with E-state index in [9.17, 15) is 4.79 Å². The Balaban J connectivity index is 2.16. The molecule has 0 heterocycles. The van der Waals surface area contributed by atoms with Crippen LogP contribution < -0.4 is 16.8 Å². The summed E-state index contributed by atoms with van der Waals surface area (Å²) in [6.07, 6.45) is 1.60. The third-order valence-electron chi connectivity index (χ3n) is 3.60. The van der Waals surface area contributed by atoms with Crippen molar-refractivity contribution in [1.82, 2.24) is 0 Å². The van der Waals surface area contributed by atoms with Gasteiger partial charge < -0.3 is 22.2 Å². The van der Waals surface area contributed by atoms with Gasteiger partial charge in [-0.05, 0) is 41.8 Å². The van der Waals surface area contributed by atoms with Crippen molar-refractivity contribution in [2.24, 2.45) is 5.73 Å². The molecule has 2 rings (SSSR count).